The summed E-state index contributed by atoms with van der Waals surface area (Å²) in [6.07, 6.45) is 0. The van der Waals surface area contributed by atoms with Gasteiger partial charge in [-0.1, -0.05) is 6.92 Å². The summed E-state index contributed by atoms with van der Waals surface area (Å²) in [4.78, 5) is 24.6. The molecule has 1 unspecified atom stereocenters. The first-order valence-electron chi connectivity index (χ1n) is 5.98. The van der Waals surface area contributed by atoms with Crippen LogP contribution in [0.25, 0.3) is 0 Å². The summed E-state index contributed by atoms with van der Waals surface area (Å²) in [6, 6.07) is 2.33. The molecule has 0 aromatic carbocycles. The fourth-order valence-electron chi connectivity index (χ4n) is 1.54. The summed E-state index contributed by atoms with van der Waals surface area (Å²) in [7, 11) is -1.66. The van der Waals surface area contributed by atoms with Crippen LogP contribution in [0.2, 0.25) is 0 Å². The van der Waals surface area contributed by atoms with E-state index in [1.165, 1.54) is 24.1 Å². The van der Waals surface area contributed by atoms with Crippen molar-refractivity contribution in [1.82, 2.24) is 4.90 Å². The lowest BCUT2D eigenvalue weighted by Crippen LogP contribution is -2.39. The molecule has 0 saturated heterocycles. The second-order valence-corrected chi connectivity index (χ2v) is 7.91. The molecule has 0 fully saturated rings. The van der Waals surface area contributed by atoms with Crippen LogP contribution >= 0.6 is 11.3 Å². The van der Waals surface area contributed by atoms with Crippen LogP contribution in [0.4, 0.5) is 0 Å². The highest BCUT2D eigenvalue weighted by Gasteiger charge is 2.23. The first-order chi connectivity index (χ1) is 9.18. The molecule has 0 aliphatic carbocycles. The lowest BCUT2D eigenvalue weighted by atomic mass is 10.3. The molecule has 0 aliphatic rings. The zero-order valence-corrected chi connectivity index (χ0v) is 13.1. The SMILES string of the molecule is CCS(=O)(=O)CC(C)N(C)C(=O)c1ccc(C(=O)O)s1. The van der Waals surface area contributed by atoms with E-state index in [4.69, 9.17) is 5.11 Å². The molecule has 1 aromatic heterocycles. The molecule has 0 aliphatic heterocycles. The third-order valence-corrected chi connectivity index (χ3v) is 5.88. The van der Waals surface area contributed by atoms with Gasteiger partial charge in [-0.15, -0.1) is 11.3 Å². The molecule has 0 spiro atoms. The van der Waals surface area contributed by atoms with Gasteiger partial charge in [0, 0.05) is 18.8 Å². The van der Waals surface area contributed by atoms with Crippen molar-refractivity contribution >= 4 is 33.1 Å². The van der Waals surface area contributed by atoms with E-state index in [0.29, 0.717) is 0 Å². The Hall–Kier alpha value is -1.41. The number of rotatable bonds is 6. The predicted octanol–water partition coefficient (Wildman–Crippen LogP) is 1.34. The molecule has 0 bridgehead atoms. The highest BCUT2D eigenvalue weighted by atomic mass is 32.2. The van der Waals surface area contributed by atoms with E-state index in [2.05, 4.69) is 0 Å². The number of thiophene rings is 1. The maximum Gasteiger partial charge on any atom is 0.345 e. The van der Waals surface area contributed by atoms with E-state index in [9.17, 15) is 18.0 Å². The Labute approximate surface area is 121 Å². The average Bonchev–Trinajstić information content (AvgIpc) is 2.86. The summed E-state index contributed by atoms with van der Waals surface area (Å²) in [6.45, 7) is 3.21. The highest BCUT2D eigenvalue weighted by molar-refractivity contribution is 7.91. The minimum atomic E-state index is -3.17. The summed E-state index contributed by atoms with van der Waals surface area (Å²) < 4.78 is 23.1. The van der Waals surface area contributed by atoms with Crippen LogP contribution in [0, 0.1) is 0 Å². The molecular weight excluding hydrogens is 302 g/mol. The van der Waals surface area contributed by atoms with Crippen LogP contribution < -0.4 is 0 Å². The number of carbonyl (C=O) groups is 2. The van der Waals surface area contributed by atoms with Crippen molar-refractivity contribution in [3.8, 4) is 0 Å². The van der Waals surface area contributed by atoms with Crippen molar-refractivity contribution in [2.24, 2.45) is 0 Å². The van der Waals surface area contributed by atoms with E-state index in [-0.39, 0.29) is 27.2 Å². The van der Waals surface area contributed by atoms with Gasteiger partial charge < -0.3 is 10.0 Å². The largest absolute Gasteiger partial charge is 0.477 e. The smallest absolute Gasteiger partial charge is 0.345 e. The predicted molar refractivity (Wildman–Crippen MR) is 77.2 cm³/mol. The number of aromatic carboxylic acids is 1. The van der Waals surface area contributed by atoms with Crippen molar-refractivity contribution in [2.45, 2.75) is 19.9 Å². The zero-order chi connectivity index (χ0) is 15.5. The van der Waals surface area contributed by atoms with E-state index < -0.39 is 21.8 Å². The molecule has 20 heavy (non-hydrogen) atoms. The maximum absolute atomic E-state index is 12.1. The van der Waals surface area contributed by atoms with Crippen molar-refractivity contribution in [3.63, 3.8) is 0 Å². The molecule has 1 amide bonds. The normalized spacial score (nSPS) is 12.9. The molecule has 1 aromatic rings. The molecule has 1 rings (SSSR count). The van der Waals surface area contributed by atoms with Gasteiger partial charge in [0.1, 0.15) is 4.88 Å². The van der Waals surface area contributed by atoms with Crippen LogP contribution in [-0.2, 0) is 9.84 Å². The van der Waals surface area contributed by atoms with Gasteiger partial charge in [-0.3, -0.25) is 4.79 Å². The Balaban J connectivity index is 2.82. The van der Waals surface area contributed by atoms with Crippen molar-refractivity contribution in [2.75, 3.05) is 18.6 Å². The average molecular weight is 319 g/mol. The molecular formula is C12H17NO5S2. The summed E-state index contributed by atoms with van der Waals surface area (Å²) >= 11 is 0.878. The van der Waals surface area contributed by atoms with Gasteiger partial charge in [-0.2, -0.15) is 0 Å². The molecule has 0 radical (unpaired) electrons. The van der Waals surface area contributed by atoms with Crippen molar-refractivity contribution in [1.29, 1.82) is 0 Å². The first kappa shape index (κ1) is 16.6. The van der Waals surface area contributed by atoms with Gasteiger partial charge in [0.05, 0.1) is 10.6 Å². The second-order valence-electron chi connectivity index (χ2n) is 4.43. The van der Waals surface area contributed by atoms with Crippen LogP contribution in [0.15, 0.2) is 12.1 Å². The van der Waals surface area contributed by atoms with Gasteiger partial charge in [0.2, 0.25) is 0 Å². The number of hydrogen-bond donors (Lipinski definition) is 1. The standard InChI is InChI=1S/C12H17NO5S2/c1-4-20(17,18)7-8(2)13(3)11(14)9-5-6-10(19-9)12(15)16/h5-6,8H,4,7H2,1-3H3,(H,15,16). The van der Waals surface area contributed by atoms with Gasteiger partial charge >= 0.3 is 5.97 Å². The Kier molecular flexibility index (Phi) is 5.29. The first-order valence-corrected chi connectivity index (χ1v) is 8.62. The third kappa shape index (κ3) is 4.04. The molecule has 1 heterocycles. The molecule has 6 nitrogen and oxygen atoms in total. The number of carboxylic acids is 1. The minimum absolute atomic E-state index is 0.0293. The molecule has 0 saturated carbocycles. The highest BCUT2D eigenvalue weighted by Crippen LogP contribution is 2.19. The van der Waals surface area contributed by atoms with E-state index in [0.717, 1.165) is 11.3 Å². The van der Waals surface area contributed by atoms with Gasteiger partial charge in [-0.25, -0.2) is 13.2 Å². The molecule has 112 valence electrons. The number of carbonyl (C=O) groups excluding carboxylic acids is 1. The molecule has 8 heteroatoms. The van der Waals surface area contributed by atoms with Crippen LogP contribution in [0.3, 0.4) is 0 Å². The Morgan fingerprint density at radius 3 is 2.35 bits per heavy atom. The Morgan fingerprint density at radius 2 is 1.90 bits per heavy atom. The molecule has 1 atom stereocenters. The second kappa shape index (κ2) is 6.36. The fourth-order valence-corrected chi connectivity index (χ4v) is 3.56. The van der Waals surface area contributed by atoms with E-state index in [1.807, 2.05) is 0 Å². The maximum atomic E-state index is 12.1. The van der Waals surface area contributed by atoms with Crippen LogP contribution in [-0.4, -0.2) is 54.9 Å². The fraction of sp³-hybridized carbons (Fsp3) is 0.500. The zero-order valence-electron chi connectivity index (χ0n) is 11.5. The number of nitrogens with zero attached hydrogens (tertiary/aromatic N) is 1. The van der Waals surface area contributed by atoms with Gasteiger partial charge in [0.25, 0.3) is 5.91 Å². The number of amides is 1. The van der Waals surface area contributed by atoms with Crippen molar-refractivity contribution in [3.05, 3.63) is 21.9 Å². The van der Waals surface area contributed by atoms with Crippen LogP contribution in [0.5, 0.6) is 0 Å². The third-order valence-electron chi connectivity index (χ3n) is 2.94. The summed E-state index contributed by atoms with van der Waals surface area (Å²) in [5.74, 6) is -1.54. The summed E-state index contributed by atoms with van der Waals surface area (Å²) in [5, 5.41) is 8.82. The van der Waals surface area contributed by atoms with Gasteiger partial charge in [0.15, 0.2) is 9.84 Å². The topological polar surface area (TPSA) is 91.8 Å². The monoisotopic (exact) mass is 319 g/mol. The Morgan fingerprint density at radius 1 is 1.35 bits per heavy atom. The van der Waals surface area contributed by atoms with E-state index in [1.54, 1.807) is 13.8 Å². The van der Waals surface area contributed by atoms with E-state index >= 15 is 0 Å². The van der Waals surface area contributed by atoms with Crippen LogP contribution in [0.1, 0.15) is 33.2 Å². The number of hydrogen-bond acceptors (Lipinski definition) is 5. The lowest BCUT2D eigenvalue weighted by molar-refractivity contribution is 0.0701. The minimum Gasteiger partial charge on any atom is -0.477 e. The quantitative estimate of drug-likeness (QED) is 0.854. The Bertz CT molecular complexity index is 605. The number of carboxylic acid groups (broad SMARTS) is 1. The molecule has 1 N–H and O–H groups in total. The number of sulfone groups is 1. The lowest BCUT2D eigenvalue weighted by Gasteiger charge is -2.24. The van der Waals surface area contributed by atoms with Gasteiger partial charge in [-0.05, 0) is 19.1 Å². The summed E-state index contributed by atoms with van der Waals surface area (Å²) in [5.41, 5.74) is 0. The van der Waals surface area contributed by atoms with Crippen molar-refractivity contribution < 1.29 is 23.1 Å².